The molecule has 6 heteroatoms. The average Bonchev–Trinajstić information content (AvgIpc) is 2.74. The normalized spacial score (nSPS) is 12.6. The minimum atomic E-state index is -0.748. The zero-order valence-electron chi connectivity index (χ0n) is 11.8. The minimum Gasteiger partial charge on any atom is -0.399 e. The average molecular weight is 276 g/mol. The number of aliphatic hydroxyl groups is 1. The number of imidazole rings is 1. The molecule has 4 N–H and O–H groups in total. The Bertz CT molecular complexity index is 619. The molecule has 0 aliphatic rings. The van der Waals surface area contributed by atoms with Gasteiger partial charge in [0.25, 0.3) is 0 Å². The summed E-state index contributed by atoms with van der Waals surface area (Å²) in [7, 11) is 0. The Morgan fingerprint density at radius 1 is 1.55 bits per heavy atom. The fourth-order valence-electron chi connectivity index (χ4n) is 2.11. The molecule has 0 aliphatic heterocycles. The Morgan fingerprint density at radius 3 is 2.95 bits per heavy atom. The molecule has 1 heterocycles. The summed E-state index contributed by atoms with van der Waals surface area (Å²) in [6.45, 7) is 4.41. The molecule has 0 saturated heterocycles. The van der Waals surface area contributed by atoms with Gasteiger partial charge in [-0.1, -0.05) is 6.92 Å². The monoisotopic (exact) mass is 276 g/mol. The number of nitrogens with one attached hydrogen (secondary N) is 1. The molecule has 1 atom stereocenters. The van der Waals surface area contributed by atoms with Gasteiger partial charge in [-0.15, -0.1) is 0 Å². The number of hydrogen-bond acceptors (Lipinski definition) is 4. The summed E-state index contributed by atoms with van der Waals surface area (Å²) in [5, 5.41) is 12.6. The van der Waals surface area contributed by atoms with Crippen molar-refractivity contribution < 1.29 is 9.90 Å². The van der Waals surface area contributed by atoms with Crippen LogP contribution in [-0.4, -0.2) is 27.1 Å². The summed E-state index contributed by atoms with van der Waals surface area (Å²) in [6, 6.07) is 5.31. The van der Waals surface area contributed by atoms with Gasteiger partial charge in [0, 0.05) is 12.2 Å². The van der Waals surface area contributed by atoms with Gasteiger partial charge in [-0.3, -0.25) is 4.79 Å². The number of nitrogen functional groups attached to an aromatic ring is 1. The molecule has 2 rings (SSSR count). The van der Waals surface area contributed by atoms with E-state index in [1.54, 1.807) is 23.6 Å². The zero-order valence-corrected chi connectivity index (χ0v) is 11.8. The number of carbonyl (C=O) groups is 1. The molecule has 0 radical (unpaired) electrons. The standard InChI is InChI=1S/C14H20N4O2/c1-3-6-16-13(20)8-18-12-5-4-10(15)7-11(12)17-14(18)9(2)19/h4-5,7,9,19H,3,6,8,15H2,1-2H3,(H,16,20). The van der Waals surface area contributed by atoms with Crippen molar-refractivity contribution in [3.8, 4) is 0 Å². The van der Waals surface area contributed by atoms with Crippen molar-refractivity contribution in [1.29, 1.82) is 0 Å². The van der Waals surface area contributed by atoms with Crippen LogP contribution < -0.4 is 11.1 Å². The molecule has 0 fully saturated rings. The highest BCUT2D eigenvalue weighted by Crippen LogP contribution is 2.22. The summed E-state index contributed by atoms with van der Waals surface area (Å²) in [5.41, 5.74) is 7.82. The first kappa shape index (κ1) is 14.3. The van der Waals surface area contributed by atoms with Crippen molar-refractivity contribution in [2.75, 3.05) is 12.3 Å². The number of hydrogen-bond donors (Lipinski definition) is 3. The van der Waals surface area contributed by atoms with E-state index in [2.05, 4.69) is 10.3 Å². The van der Waals surface area contributed by atoms with E-state index in [0.717, 1.165) is 11.9 Å². The maximum Gasteiger partial charge on any atom is 0.240 e. The minimum absolute atomic E-state index is 0.0927. The van der Waals surface area contributed by atoms with Gasteiger partial charge in [0.1, 0.15) is 18.5 Å². The number of amides is 1. The lowest BCUT2D eigenvalue weighted by Gasteiger charge is -2.11. The molecular weight excluding hydrogens is 256 g/mol. The topological polar surface area (TPSA) is 93.2 Å². The number of aromatic nitrogens is 2. The van der Waals surface area contributed by atoms with Crippen LogP contribution in [0.2, 0.25) is 0 Å². The van der Waals surface area contributed by atoms with Crippen LogP contribution in [0.15, 0.2) is 18.2 Å². The van der Waals surface area contributed by atoms with Crippen LogP contribution in [0.5, 0.6) is 0 Å². The zero-order chi connectivity index (χ0) is 14.7. The van der Waals surface area contributed by atoms with Gasteiger partial charge in [-0.2, -0.15) is 0 Å². The van der Waals surface area contributed by atoms with Gasteiger partial charge >= 0.3 is 0 Å². The first-order valence-electron chi connectivity index (χ1n) is 6.73. The molecule has 0 aliphatic carbocycles. The Morgan fingerprint density at radius 2 is 2.30 bits per heavy atom. The van der Waals surface area contributed by atoms with E-state index >= 15 is 0 Å². The van der Waals surface area contributed by atoms with Crippen LogP contribution >= 0.6 is 0 Å². The number of fused-ring (bicyclic) bond motifs is 1. The Hall–Kier alpha value is -2.08. The van der Waals surface area contributed by atoms with Crippen molar-refractivity contribution in [3.05, 3.63) is 24.0 Å². The van der Waals surface area contributed by atoms with Crippen LogP contribution in [-0.2, 0) is 11.3 Å². The van der Waals surface area contributed by atoms with Crippen molar-refractivity contribution in [1.82, 2.24) is 14.9 Å². The lowest BCUT2D eigenvalue weighted by Crippen LogP contribution is -2.29. The maximum atomic E-state index is 11.9. The highest BCUT2D eigenvalue weighted by molar-refractivity contribution is 5.83. The SMILES string of the molecule is CCCNC(=O)Cn1c(C(C)O)nc2cc(N)ccc21. The first-order valence-corrected chi connectivity index (χ1v) is 6.73. The fraction of sp³-hybridized carbons (Fsp3) is 0.429. The third-order valence-corrected chi connectivity index (χ3v) is 3.05. The molecule has 2 aromatic rings. The molecule has 0 saturated carbocycles. The molecule has 108 valence electrons. The lowest BCUT2D eigenvalue weighted by atomic mass is 10.3. The second-order valence-electron chi connectivity index (χ2n) is 4.83. The summed E-state index contributed by atoms with van der Waals surface area (Å²) in [6.07, 6.45) is 0.138. The predicted molar refractivity (Wildman–Crippen MR) is 78.1 cm³/mol. The molecule has 0 bridgehead atoms. The fourth-order valence-corrected chi connectivity index (χ4v) is 2.11. The quantitative estimate of drug-likeness (QED) is 0.715. The molecule has 0 spiro atoms. The van der Waals surface area contributed by atoms with E-state index < -0.39 is 6.10 Å². The molecule has 1 amide bonds. The van der Waals surface area contributed by atoms with E-state index in [1.807, 2.05) is 13.0 Å². The van der Waals surface area contributed by atoms with Gasteiger partial charge in [0.15, 0.2) is 0 Å². The first-order chi connectivity index (χ1) is 9.52. The predicted octanol–water partition coefficient (Wildman–Crippen LogP) is 1.20. The third-order valence-electron chi connectivity index (χ3n) is 3.05. The second-order valence-corrected chi connectivity index (χ2v) is 4.83. The molecule has 6 nitrogen and oxygen atoms in total. The van der Waals surface area contributed by atoms with Crippen molar-refractivity contribution in [2.24, 2.45) is 0 Å². The summed E-state index contributed by atoms with van der Waals surface area (Å²) >= 11 is 0. The highest BCUT2D eigenvalue weighted by atomic mass is 16.3. The van der Waals surface area contributed by atoms with Crippen molar-refractivity contribution in [2.45, 2.75) is 32.9 Å². The van der Waals surface area contributed by atoms with Crippen molar-refractivity contribution in [3.63, 3.8) is 0 Å². The number of anilines is 1. The van der Waals surface area contributed by atoms with E-state index in [4.69, 9.17) is 5.73 Å². The third kappa shape index (κ3) is 2.91. The molecule has 1 unspecified atom stereocenters. The van der Waals surface area contributed by atoms with E-state index in [0.29, 0.717) is 23.6 Å². The van der Waals surface area contributed by atoms with E-state index in [9.17, 15) is 9.90 Å². The molecule has 1 aromatic heterocycles. The maximum absolute atomic E-state index is 11.9. The number of carbonyl (C=O) groups excluding carboxylic acids is 1. The molecule has 1 aromatic carbocycles. The van der Waals surface area contributed by atoms with Gasteiger partial charge in [0.2, 0.25) is 5.91 Å². The Kier molecular flexibility index (Phi) is 4.24. The van der Waals surface area contributed by atoms with E-state index in [-0.39, 0.29) is 12.5 Å². The summed E-state index contributed by atoms with van der Waals surface area (Å²) in [4.78, 5) is 16.2. The molecule has 20 heavy (non-hydrogen) atoms. The summed E-state index contributed by atoms with van der Waals surface area (Å²) < 4.78 is 1.73. The largest absolute Gasteiger partial charge is 0.399 e. The Labute approximate surface area is 117 Å². The van der Waals surface area contributed by atoms with Crippen molar-refractivity contribution >= 4 is 22.6 Å². The van der Waals surface area contributed by atoms with Crippen LogP contribution in [0, 0.1) is 0 Å². The number of benzene rings is 1. The van der Waals surface area contributed by atoms with Gasteiger partial charge in [-0.25, -0.2) is 4.98 Å². The van der Waals surface area contributed by atoms with Gasteiger partial charge in [0.05, 0.1) is 11.0 Å². The summed E-state index contributed by atoms with van der Waals surface area (Å²) in [5.74, 6) is 0.377. The second kappa shape index (κ2) is 5.92. The highest BCUT2D eigenvalue weighted by Gasteiger charge is 2.16. The van der Waals surface area contributed by atoms with Gasteiger partial charge < -0.3 is 20.7 Å². The number of nitrogens with zero attached hydrogens (tertiary/aromatic N) is 2. The number of nitrogens with two attached hydrogens (primary N) is 1. The number of rotatable bonds is 5. The Balaban J connectivity index is 2.38. The van der Waals surface area contributed by atoms with Crippen LogP contribution in [0.4, 0.5) is 5.69 Å². The van der Waals surface area contributed by atoms with Crippen LogP contribution in [0.25, 0.3) is 11.0 Å². The number of aliphatic hydroxyl groups excluding tert-OH is 1. The van der Waals surface area contributed by atoms with Crippen LogP contribution in [0.3, 0.4) is 0 Å². The van der Waals surface area contributed by atoms with E-state index in [1.165, 1.54) is 0 Å². The van der Waals surface area contributed by atoms with Gasteiger partial charge in [-0.05, 0) is 31.5 Å². The van der Waals surface area contributed by atoms with Crippen LogP contribution in [0.1, 0.15) is 32.2 Å². The lowest BCUT2D eigenvalue weighted by molar-refractivity contribution is -0.121. The molecular formula is C14H20N4O2. The smallest absolute Gasteiger partial charge is 0.240 e.